The van der Waals surface area contributed by atoms with Crippen molar-refractivity contribution in [2.45, 2.75) is 65.2 Å². The highest BCUT2D eigenvalue weighted by atomic mass is 16.5. The van der Waals surface area contributed by atoms with Crippen LogP contribution in [-0.4, -0.2) is 28.4 Å². The summed E-state index contributed by atoms with van der Waals surface area (Å²) in [6, 6.07) is 8.39. The van der Waals surface area contributed by atoms with Gasteiger partial charge in [0.1, 0.15) is 11.6 Å². The van der Waals surface area contributed by atoms with E-state index in [2.05, 4.69) is 49.6 Å². The highest BCUT2D eigenvalue weighted by molar-refractivity contribution is 5.82. The van der Waals surface area contributed by atoms with E-state index in [1.807, 2.05) is 6.92 Å². The Morgan fingerprint density at radius 1 is 1.37 bits per heavy atom. The Balaban J connectivity index is 1.71. The lowest BCUT2D eigenvalue weighted by Crippen LogP contribution is -2.47. The number of carbonyl (C=O) groups excluding carboxylic acids is 2. The summed E-state index contributed by atoms with van der Waals surface area (Å²) in [5, 5.41) is 0. The lowest BCUT2D eigenvalue weighted by atomic mass is 9.57. The molecule has 4 atom stereocenters. The molecule has 0 radical (unpaired) electrons. The van der Waals surface area contributed by atoms with E-state index in [9.17, 15) is 9.59 Å². The zero-order valence-corrected chi connectivity index (χ0v) is 18.7. The van der Waals surface area contributed by atoms with Gasteiger partial charge in [0.15, 0.2) is 0 Å². The first-order valence-corrected chi connectivity index (χ1v) is 11.0. The molecule has 1 fully saturated rings. The van der Waals surface area contributed by atoms with Crippen molar-refractivity contribution in [1.82, 2.24) is 9.55 Å². The van der Waals surface area contributed by atoms with E-state index in [0.717, 1.165) is 36.3 Å². The number of benzene rings is 1. The minimum absolute atomic E-state index is 0.0338. The molecule has 160 valence electrons. The monoisotopic (exact) mass is 408 g/mol. The molecule has 5 nitrogen and oxygen atoms in total. The minimum Gasteiger partial charge on any atom is -0.469 e. The van der Waals surface area contributed by atoms with Crippen molar-refractivity contribution in [3.8, 4) is 5.69 Å². The summed E-state index contributed by atoms with van der Waals surface area (Å²) in [7, 11) is 1.43. The Bertz CT molecular complexity index is 992. The predicted octanol–water partition coefficient (Wildman–Crippen LogP) is 4.35. The average Bonchev–Trinajstić information content (AvgIpc) is 3.08. The fourth-order valence-electron chi connectivity index (χ4n) is 5.80. The summed E-state index contributed by atoms with van der Waals surface area (Å²) in [6.07, 6.45) is 4.16. The lowest BCUT2D eigenvalue weighted by Gasteiger charge is -2.46. The molecule has 0 spiro atoms. The fraction of sp³-hybridized carbons (Fsp3) is 0.560. The number of methoxy groups -OCH3 is 1. The van der Waals surface area contributed by atoms with Gasteiger partial charge < -0.3 is 9.30 Å². The van der Waals surface area contributed by atoms with Gasteiger partial charge in [0.05, 0.1) is 18.7 Å². The number of ketones is 1. The number of nitrogens with zero attached hydrogens (tertiary/aromatic N) is 2. The summed E-state index contributed by atoms with van der Waals surface area (Å²) in [5.41, 5.74) is 4.64. The number of hydrogen-bond acceptors (Lipinski definition) is 4. The maximum absolute atomic E-state index is 12.3. The van der Waals surface area contributed by atoms with E-state index in [-0.39, 0.29) is 23.2 Å². The molecule has 1 heterocycles. The number of ether oxygens (including phenoxy) is 1. The second-order valence-corrected chi connectivity index (χ2v) is 9.41. The zero-order chi connectivity index (χ0) is 21.6. The number of Topliss-reactive ketones (excluding diaryl/α,β-unsaturated/α-hetero) is 1. The Kier molecular flexibility index (Phi) is 5.33. The van der Waals surface area contributed by atoms with Crippen molar-refractivity contribution >= 4 is 11.8 Å². The van der Waals surface area contributed by atoms with Crippen LogP contribution >= 0.6 is 0 Å². The van der Waals surface area contributed by atoms with Crippen LogP contribution in [0.15, 0.2) is 24.3 Å². The molecule has 1 aromatic carbocycles. The lowest BCUT2D eigenvalue weighted by molar-refractivity contribution is -0.144. The van der Waals surface area contributed by atoms with Gasteiger partial charge in [-0.05, 0) is 56.2 Å². The van der Waals surface area contributed by atoms with Gasteiger partial charge in [-0.15, -0.1) is 0 Å². The number of aryl methyl sites for hydroxylation is 1. The van der Waals surface area contributed by atoms with Gasteiger partial charge in [-0.25, -0.2) is 4.98 Å². The minimum atomic E-state index is -0.184. The summed E-state index contributed by atoms with van der Waals surface area (Å²) in [5.74, 6) is 1.53. The Morgan fingerprint density at radius 3 is 2.87 bits per heavy atom. The molecule has 2 aromatic rings. The fourth-order valence-corrected chi connectivity index (χ4v) is 5.80. The summed E-state index contributed by atoms with van der Waals surface area (Å²) < 4.78 is 7.16. The number of rotatable bonds is 4. The SMILES string of the molecule is COC(=O)C(C)Cc1cccc(-n2c(C)nc3c2CC[C@H]2[C@H](C)C(=O)CC[C@]32C)c1. The third-order valence-electron chi connectivity index (χ3n) is 7.51. The second-order valence-electron chi connectivity index (χ2n) is 9.41. The molecule has 0 saturated heterocycles. The molecule has 0 amide bonds. The Labute approximate surface area is 178 Å². The number of hydrogen-bond donors (Lipinski definition) is 0. The van der Waals surface area contributed by atoms with Gasteiger partial charge in [-0.2, -0.15) is 0 Å². The molecule has 2 aliphatic rings. The number of carbonyl (C=O) groups is 2. The first-order chi connectivity index (χ1) is 14.3. The highest BCUT2D eigenvalue weighted by Crippen LogP contribution is 2.51. The van der Waals surface area contributed by atoms with Gasteiger partial charge in [-0.1, -0.05) is 32.9 Å². The van der Waals surface area contributed by atoms with E-state index in [4.69, 9.17) is 9.72 Å². The molecule has 4 rings (SSSR count). The van der Waals surface area contributed by atoms with Crippen molar-refractivity contribution in [3.05, 3.63) is 47.0 Å². The third-order valence-corrected chi connectivity index (χ3v) is 7.51. The van der Waals surface area contributed by atoms with Crippen molar-refractivity contribution in [3.63, 3.8) is 0 Å². The van der Waals surface area contributed by atoms with Gasteiger partial charge in [0.25, 0.3) is 0 Å². The number of esters is 1. The Morgan fingerprint density at radius 2 is 2.13 bits per heavy atom. The molecule has 2 aliphatic carbocycles. The van der Waals surface area contributed by atoms with Crippen LogP contribution in [0.5, 0.6) is 0 Å². The van der Waals surface area contributed by atoms with Gasteiger partial charge in [0, 0.05) is 29.1 Å². The summed E-state index contributed by atoms with van der Waals surface area (Å²) in [6.45, 7) is 8.38. The van der Waals surface area contributed by atoms with Crippen LogP contribution in [0, 0.1) is 24.7 Å². The smallest absolute Gasteiger partial charge is 0.308 e. The second kappa shape index (κ2) is 7.68. The average molecular weight is 409 g/mol. The van der Waals surface area contributed by atoms with Crippen molar-refractivity contribution in [2.75, 3.05) is 7.11 Å². The van der Waals surface area contributed by atoms with Crippen LogP contribution < -0.4 is 0 Å². The van der Waals surface area contributed by atoms with E-state index in [1.165, 1.54) is 18.5 Å². The first-order valence-electron chi connectivity index (χ1n) is 11.0. The first kappa shape index (κ1) is 20.8. The molecule has 0 aliphatic heterocycles. The van der Waals surface area contributed by atoms with Crippen LogP contribution in [0.2, 0.25) is 0 Å². The van der Waals surface area contributed by atoms with Gasteiger partial charge in [0.2, 0.25) is 0 Å². The van der Waals surface area contributed by atoms with E-state index >= 15 is 0 Å². The van der Waals surface area contributed by atoms with Crippen molar-refractivity contribution in [1.29, 1.82) is 0 Å². The molecule has 0 N–H and O–H groups in total. The van der Waals surface area contributed by atoms with Crippen LogP contribution in [-0.2, 0) is 32.6 Å². The molecule has 1 aromatic heterocycles. The molecular formula is C25H32N2O3. The topological polar surface area (TPSA) is 61.2 Å². The molecule has 5 heteroatoms. The van der Waals surface area contributed by atoms with E-state index in [0.29, 0.717) is 24.5 Å². The number of aromatic nitrogens is 2. The predicted molar refractivity (Wildman–Crippen MR) is 116 cm³/mol. The Hall–Kier alpha value is -2.43. The van der Waals surface area contributed by atoms with E-state index in [1.54, 1.807) is 0 Å². The van der Waals surface area contributed by atoms with Crippen LogP contribution in [0.25, 0.3) is 5.69 Å². The normalized spacial score (nSPS) is 26.6. The molecular weight excluding hydrogens is 376 g/mol. The zero-order valence-electron chi connectivity index (χ0n) is 18.7. The van der Waals surface area contributed by atoms with Gasteiger partial charge >= 0.3 is 5.97 Å². The van der Waals surface area contributed by atoms with Crippen LogP contribution in [0.1, 0.15) is 62.8 Å². The van der Waals surface area contributed by atoms with Gasteiger partial charge in [-0.3, -0.25) is 9.59 Å². The number of imidazole rings is 1. The van der Waals surface area contributed by atoms with E-state index < -0.39 is 0 Å². The number of fused-ring (bicyclic) bond motifs is 3. The standard InChI is InChI=1S/C25H32N2O3/c1-15(24(29)30-5)13-18-7-6-8-19(14-18)27-17(3)26-23-21(27)10-9-20-16(2)22(28)11-12-25(20,23)4/h6-8,14-16,20H,9-13H2,1-5H3/t15?,16-,20-,25-/m0/s1. The summed E-state index contributed by atoms with van der Waals surface area (Å²) in [4.78, 5) is 29.2. The third kappa shape index (κ3) is 3.28. The molecule has 0 bridgehead atoms. The summed E-state index contributed by atoms with van der Waals surface area (Å²) >= 11 is 0. The van der Waals surface area contributed by atoms with Crippen molar-refractivity contribution < 1.29 is 14.3 Å². The largest absolute Gasteiger partial charge is 0.469 e. The maximum atomic E-state index is 12.3. The quantitative estimate of drug-likeness (QED) is 0.706. The maximum Gasteiger partial charge on any atom is 0.308 e. The van der Waals surface area contributed by atoms with Crippen molar-refractivity contribution in [2.24, 2.45) is 17.8 Å². The highest BCUT2D eigenvalue weighted by Gasteiger charge is 2.50. The van der Waals surface area contributed by atoms with Crippen LogP contribution in [0.4, 0.5) is 0 Å². The molecule has 30 heavy (non-hydrogen) atoms. The molecule has 1 saturated carbocycles. The van der Waals surface area contributed by atoms with Crippen LogP contribution in [0.3, 0.4) is 0 Å². The molecule has 1 unspecified atom stereocenters.